The summed E-state index contributed by atoms with van der Waals surface area (Å²) in [7, 11) is 1.31. The van der Waals surface area contributed by atoms with Crippen molar-refractivity contribution in [3.63, 3.8) is 0 Å². The lowest BCUT2D eigenvalue weighted by Gasteiger charge is -2.39. The predicted molar refractivity (Wildman–Crippen MR) is 125 cm³/mol. The lowest BCUT2D eigenvalue weighted by atomic mass is 9.88. The average Bonchev–Trinajstić information content (AvgIpc) is 3.22. The second kappa shape index (κ2) is 9.18. The SMILES string of the molecule is COC(=O)c1ccc(C(=O)N2CCC3(CC2)CN/C(=C\C(=O)c2nc(Cl)c(N)nc2N)N3)cc1. The molecule has 2 aliphatic rings. The number of nitrogens with zero attached hydrogens (tertiary/aromatic N) is 3. The van der Waals surface area contributed by atoms with Crippen molar-refractivity contribution in [1.82, 2.24) is 25.5 Å². The van der Waals surface area contributed by atoms with Gasteiger partial charge in [0.1, 0.15) is 5.82 Å². The number of likely N-dealkylation sites (tertiary alicyclic amines) is 1. The van der Waals surface area contributed by atoms with Crippen LogP contribution in [0.1, 0.15) is 44.0 Å². The molecule has 0 bridgehead atoms. The molecule has 0 unspecified atom stereocenters. The van der Waals surface area contributed by atoms with E-state index in [1.54, 1.807) is 29.2 Å². The average molecular weight is 486 g/mol. The largest absolute Gasteiger partial charge is 0.465 e. The maximum absolute atomic E-state index is 12.9. The molecule has 12 heteroatoms. The van der Waals surface area contributed by atoms with Crippen LogP contribution in [-0.4, -0.2) is 64.8 Å². The molecule has 1 aromatic carbocycles. The van der Waals surface area contributed by atoms with Crippen LogP contribution in [0.25, 0.3) is 0 Å². The number of esters is 1. The number of carbonyl (C=O) groups is 3. The normalized spacial score (nSPS) is 17.8. The minimum Gasteiger partial charge on any atom is -0.465 e. The van der Waals surface area contributed by atoms with Crippen LogP contribution in [0.4, 0.5) is 11.6 Å². The number of aromatic nitrogens is 2. The van der Waals surface area contributed by atoms with Gasteiger partial charge in [-0.3, -0.25) is 9.59 Å². The van der Waals surface area contributed by atoms with Crippen molar-refractivity contribution in [3.05, 3.63) is 58.1 Å². The maximum atomic E-state index is 12.9. The van der Waals surface area contributed by atoms with Gasteiger partial charge in [-0.1, -0.05) is 11.6 Å². The Morgan fingerprint density at radius 1 is 1.09 bits per heavy atom. The fourth-order valence-corrected chi connectivity index (χ4v) is 4.16. The van der Waals surface area contributed by atoms with Crippen LogP contribution >= 0.6 is 11.6 Å². The zero-order chi connectivity index (χ0) is 24.5. The predicted octanol–water partition coefficient (Wildman–Crippen LogP) is 0.973. The summed E-state index contributed by atoms with van der Waals surface area (Å²) in [6.07, 6.45) is 2.74. The number of carbonyl (C=O) groups excluding carboxylic acids is 3. The van der Waals surface area contributed by atoms with Crippen molar-refractivity contribution < 1.29 is 19.1 Å². The molecule has 2 aliphatic heterocycles. The number of anilines is 2. The van der Waals surface area contributed by atoms with Gasteiger partial charge >= 0.3 is 5.97 Å². The number of ketones is 1. The molecule has 2 fully saturated rings. The Balaban J connectivity index is 1.37. The van der Waals surface area contributed by atoms with E-state index >= 15 is 0 Å². The Hall–Kier alpha value is -3.86. The Kier molecular flexibility index (Phi) is 6.29. The number of amides is 1. The van der Waals surface area contributed by atoms with Gasteiger partial charge in [-0.25, -0.2) is 14.8 Å². The fourth-order valence-electron chi connectivity index (χ4n) is 4.04. The van der Waals surface area contributed by atoms with Crippen molar-refractivity contribution in [2.75, 3.05) is 38.2 Å². The third-order valence-electron chi connectivity index (χ3n) is 5.99. The van der Waals surface area contributed by atoms with Crippen molar-refractivity contribution in [3.8, 4) is 0 Å². The van der Waals surface area contributed by atoms with Crippen molar-refractivity contribution >= 4 is 40.9 Å². The van der Waals surface area contributed by atoms with E-state index < -0.39 is 11.8 Å². The van der Waals surface area contributed by atoms with Crippen LogP contribution in [0, 0.1) is 0 Å². The number of rotatable bonds is 4. The lowest BCUT2D eigenvalue weighted by Crippen LogP contribution is -2.53. The quantitative estimate of drug-likeness (QED) is 0.278. The van der Waals surface area contributed by atoms with Crippen LogP contribution in [0.15, 0.2) is 36.2 Å². The maximum Gasteiger partial charge on any atom is 0.337 e. The van der Waals surface area contributed by atoms with Crippen LogP contribution in [0.5, 0.6) is 0 Å². The number of hydrogen-bond acceptors (Lipinski definition) is 10. The summed E-state index contributed by atoms with van der Waals surface area (Å²) in [5, 5.41) is 6.48. The molecule has 3 heterocycles. The highest BCUT2D eigenvalue weighted by atomic mass is 35.5. The minimum atomic E-state index is -0.457. The highest BCUT2D eigenvalue weighted by molar-refractivity contribution is 6.31. The molecule has 178 valence electrons. The van der Waals surface area contributed by atoms with E-state index in [4.69, 9.17) is 23.1 Å². The molecule has 2 saturated heterocycles. The Morgan fingerprint density at radius 3 is 2.38 bits per heavy atom. The van der Waals surface area contributed by atoms with E-state index in [0.29, 0.717) is 49.4 Å². The molecule has 0 radical (unpaired) electrons. The van der Waals surface area contributed by atoms with Gasteiger partial charge in [-0.2, -0.15) is 0 Å². The van der Waals surface area contributed by atoms with Gasteiger partial charge in [0.05, 0.1) is 18.2 Å². The molecule has 1 aromatic heterocycles. The molecule has 0 saturated carbocycles. The number of benzene rings is 1. The van der Waals surface area contributed by atoms with Gasteiger partial charge in [0.15, 0.2) is 22.5 Å². The van der Waals surface area contributed by atoms with Crippen LogP contribution < -0.4 is 22.1 Å². The third kappa shape index (κ3) is 4.60. The molecule has 34 heavy (non-hydrogen) atoms. The van der Waals surface area contributed by atoms with Crippen LogP contribution in [-0.2, 0) is 4.74 Å². The van der Waals surface area contributed by atoms with E-state index in [2.05, 4.69) is 25.3 Å². The molecule has 2 aromatic rings. The van der Waals surface area contributed by atoms with Crippen molar-refractivity contribution in [2.24, 2.45) is 0 Å². The molecule has 1 spiro atoms. The summed E-state index contributed by atoms with van der Waals surface area (Å²) in [6.45, 7) is 1.69. The molecular formula is C22H24ClN7O4. The van der Waals surface area contributed by atoms with Crippen LogP contribution in [0.3, 0.4) is 0 Å². The molecular weight excluding hydrogens is 462 g/mol. The van der Waals surface area contributed by atoms with E-state index in [9.17, 15) is 14.4 Å². The third-order valence-corrected chi connectivity index (χ3v) is 6.27. The Bertz CT molecular complexity index is 1170. The second-order valence-electron chi connectivity index (χ2n) is 8.18. The molecule has 4 rings (SSSR count). The van der Waals surface area contributed by atoms with E-state index in [0.717, 1.165) is 0 Å². The van der Waals surface area contributed by atoms with Crippen molar-refractivity contribution in [1.29, 1.82) is 0 Å². The highest BCUT2D eigenvalue weighted by Crippen LogP contribution is 2.28. The number of nitrogens with one attached hydrogen (secondary N) is 2. The van der Waals surface area contributed by atoms with Crippen LogP contribution in [0.2, 0.25) is 5.15 Å². The molecule has 1 amide bonds. The van der Waals surface area contributed by atoms with Crippen molar-refractivity contribution in [2.45, 2.75) is 18.4 Å². The summed E-state index contributed by atoms with van der Waals surface area (Å²) in [5.74, 6) is -0.602. The highest BCUT2D eigenvalue weighted by Gasteiger charge is 2.40. The topological polar surface area (TPSA) is 166 Å². The van der Waals surface area contributed by atoms with Gasteiger partial charge in [0.2, 0.25) is 5.78 Å². The lowest BCUT2D eigenvalue weighted by molar-refractivity contribution is 0.0598. The summed E-state index contributed by atoms with van der Waals surface area (Å²) in [5.41, 5.74) is 11.9. The zero-order valence-electron chi connectivity index (χ0n) is 18.4. The molecule has 0 atom stereocenters. The molecule has 6 N–H and O–H groups in total. The number of ether oxygens (including phenoxy) is 1. The van der Waals surface area contributed by atoms with Gasteiger partial charge in [-0.15, -0.1) is 0 Å². The number of nitrogens with two attached hydrogens (primary N) is 2. The number of nitrogen functional groups attached to an aromatic ring is 2. The first-order chi connectivity index (χ1) is 16.2. The number of allylic oxidation sites excluding steroid dienone is 1. The first kappa shape index (κ1) is 23.3. The van der Waals surface area contributed by atoms with E-state index in [1.807, 2.05) is 0 Å². The fraction of sp³-hybridized carbons (Fsp3) is 0.318. The van der Waals surface area contributed by atoms with Gasteiger partial charge in [0.25, 0.3) is 5.91 Å². The van der Waals surface area contributed by atoms with Gasteiger partial charge in [-0.05, 0) is 37.1 Å². The first-order valence-corrected chi connectivity index (χ1v) is 10.9. The van der Waals surface area contributed by atoms with E-state index in [1.165, 1.54) is 13.2 Å². The summed E-state index contributed by atoms with van der Waals surface area (Å²) >= 11 is 5.86. The Morgan fingerprint density at radius 2 is 1.74 bits per heavy atom. The second-order valence-corrected chi connectivity index (χ2v) is 8.53. The monoisotopic (exact) mass is 485 g/mol. The summed E-state index contributed by atoms with van der Waals surface area (Å²) in [4.78, 5) is 46.6. The number of halogens is 1. The summed E-state index contributed by atoms with van der Waals surface area (Å²) in [6, 6.07) is 6.40. The number of hydrogen-bond donors (Lipinski definition) is 4. The van der Waals surface area contributed by atoms with E-state index in [-0.39, 0.29) is 33.9 Å². The number of methoxy groups -OCH3 is 1. The minimum absolute atomic E-state index is 0.0415. The number of piperidine rings is 1. The zero-order valence-corrected chi connectivity index (χ0v) is 19.2. The Labute approximate surface area is 200 Å². The standard InChI is InChI=1S/C22H24ClN7O4/c1-34-21(33)13-4-2-12(3-5-13)20(32)30-8-6-22(7-9-30)11-26-15(29-22)10-14(31)16-18(24)28-19(25)17(23)27-16/h2-5,10,26,29H,6-9,11H2,1H3,(H4,24,25,28)/b15-10+. The van der Waals surface area contributed by atoms with Gasteiger partial charge < -0.3 is 31.7 Å². The smallest absolute Gasteiger partial charge is 0.337 e. The molecule has 11 nitrogen and oxygen atoms in total. The summed E-state index contributed by atoms with van der Waals surface area (Å²) < 4.78 is 4.68. The first-order valence-electron chi connectivity index (χ1n) is 10.6. The molecule has 0 aliphatic carbocycles. The van der Waals surface area contributed by atoms with Gasteiger partial charge in [0, 0.05) is 31.3 Å².